The Morgan fingerprint density at radius 2 is 2.06 bits per heavy atom. The average molecular weight is 257 g/mol. The molecule has 1 rings (SSSR count). The van der Waals surface area contributed by atoms with Gasteiger partial charge in [-0.05, 0) is 32.6 Å². The van der Waals surface area contributed by atoms with Crippen molar-refractivity contribution in [3.8, 4) is 0 Å². The van der Waals surface area contributed by atoms with Gasteiger partial charge in [-0.25, -0.2) is 4.79 Å². The number of piperidine rings is 1. The lowest BCUT2D eigenvalue weighted by Gasteiger charge is -2.40. The Bertz CT molecular complexity index is 327. The van der Waals surface area contributed by atoms with Gasteiger partial charge in [-0.3, -0.25) is 4.79 Å². The van der Waals surface area contributed by atoms with Crippen molar-refractivity contribution in [2.45, 2.75) is 51.7 Å². The summed E-state index contributed by atoms with van der Waals surface area (Å²) < 4.78 is 5.15. The summed E-state index contributed by atoms with van der Waals surface area (Å²) in [6.07, 6.45) is 2.36. The lowest BCUT2D eigenvalue weighted by Crippen LogP contribution is -2.56. The SMILES string of the molecule is CCC1CCN(C(=O)C(C)(C)OC)C(C(=O)O)C1. The minimum Gasteiger partial charge on any atom is -0.480 e. The molecule has 1 heterocycles. The van der Waals surface area contributed by atoms with Crippen molar-refractivity contribution in [2.24, 2.45) is 5.92 Å². The van der Waals surface area contributed by atoms with Crippen LogP contribution in [-0.4, -0.2) is 47.2 Å². The third-order valence-corrected chi connectivity index (χ3v) is 3.86. The smallest absolute Gasteiger partial charge is 0.326 e. The first kappa shape index (κ1) is 15.0. The fourth-order valence-corrected chi connectivity index (χ4v) is 2.32. The van der Waals surface area contributed by atoms with Gasteiger partial charge in [0.05, 0.1) is 0 Å². The Labute approximate surface area is 108 Å². The summed E-state index contributed by atoms with van der Waals surface area (Å²) in [6, 6.07) is -0.717. The third-order valence-electron chi connectivity index (χ3n) is 3.86. The van der Waals surface area contributed by atoms with Crippen molar-refractivity contribution in [3.05, 3.63) is 0 Å². The van der Waals surface area contributed by atoms with Crippen LogP contribution in [0.15, 0.2) is 0 Å². The summed E-state index contributed by atoms with van der Waals surface area (Å²) in [5, 5.41) is 9.27. The molecular formula is C13H23NO4. The van der Waals surface area contributed by atoms with Gasteiger partial charge in [-0.1, -0.05) is 13.3 Å². The van der Waals surface area contributed by atoms with E-state index >= 15 is 0 Å². The summed E-state index contributed by atoms with van der Waals surface area (Å²) >= 11 is 0. The molecule has 0 saturated carbocycles. The van der Waals surface area contributed by atoms with Crippen LogP contribution >= 0.6 is 0 Å². The van der Waals surface area contributed by atoms with E-state index in [1.54, 1.807) is 13.8 Å². The van der Waals surface area contributed by atoms with Crippen LogP contribution < -0.4 is 0 Å². The molecule has 1 amide bonds. The largest absolute Gasteiger partial charge is 0.480 e. The molecule has 1 saturated heterocycles. The van der Waals surface area contributed by atoms with Crippen LogP contribution in [0.5, 0.6) is 0 Å². The number of likely N-dealkylation sites (tertiary alicyclic amines) is 1. The van der Waals surface area contributed by atoms with E-state index in [9.17, 15) is 14.7 Å². The molecule has 0 spiro atoms. The van der Waals surface area contributed by atoms with Gasteiger partial charge in [0.25, 0.3) is 5.91 Å². The predicted molar refractivity (Wildman–Crippen MR) is 67.2 cm³/mol. The summed E-state index contributed by atoms with van der Waals surface area (Å²) in [6.45, 7) is 5.89. The fourth-order valence-electron chi connectivity index (χ4n) is 2.32. The molecule has 2 atom stereocenters. The van der Waals surface area contributed by atoms with Gasteiger partial charge in [-0.15, -0.1) is 0 Å². The molecule has 104 valence electrons. The Hall–Kier alpha value is -1.10. The summed E-state index contributed by atoms with van der Waals surface area (Å²) in [4.78, 5) is 25.1. The summed E-state index contributed by atoms with van der Waals surface area (Å²) in [5.74, 6) is -0.777. The first-order chi connectivity index (χ1) is 8.33. The second-order valence-electron chi connectivity index (χ2n) is 5.37. The molecule has 1 fully saturated rings. The van der Waals surface area contributed by atoms with E-state index in [1.165, 1.54) is 12.0 Å². The number of nitrogens with zero attached hydrogens (tertiary/aromatic N) is 1. The molecule has 0 aromatic heterocycles. The molecular weight excluding hydrogens is 234 g/mol. The first-order valence-electron chi connectivity index (χ1n) is 6.42. The molecule has 18 heavy (non-hydrogen) atoms. The maximum absolute atomic E-state index is 12.3. The fraction of sp³-hybridized carbons (Fsp3) is 0.846. The normalized spacial score (nSPS) is 25.0. The number of rotatable bonds is 4. The Balaban J connectivity index is 2.87. The molecule has 0 bridgehead atoms. The zero-order valence-corrected chi connectivity index (χ0v) is 11.6. The minimum atomic E-state index is -0.966. The van der Waals surface area contributed by atoms with Gasteiger partial charge >= 0.3 is 5.97 Å². The topological polar surface area (TPSA) is 66.8 Å². The van der Waals surface area contributed by atoms with Crippen molar-refractivity contribution < 1.29 is 19.4 Å². The Morgan fingerprint density at radius 3 is 2.50 bits per heavy atom. The monoisotopic (exact) mass is 257 g/mol. The van der Waals surface area contributed by atoms with Crippen molar-refractivity contribution in [1.82, 2.24) is 4.90 Å². The number of amides is 1. The predicted octanol–water partition coefficient (Wildman–Crippen LogP) is 1.51. The van der Waals surface area contributed by atoms with Crippen molar-refractivity contribution >= 4 is 11.9 Å². The lowest BCUT2D eigenvalue weighted by atomic mass is 9.88. The Morgan fingerprint density at radius 1 is 1.44 bits per heavy atom. The molecule has 0 radical (unpaired) electrons. The molecule has 1 aliphatic heterocycles. The highest BCUT2D eigenvalue weighted by Crippen LogP contribution is 2.28. The number of carbonyl (C=O) groups is 2. The molecule has 1 N–H and O–H groups in total. The minimum absolute atomic E-state index is 0.244. The van der Waals surface area contributed by atoms with Crippen LogP contribution in [0.25, 0.3) is 0 Å². The van der Waals surface area contributed by atoms with E-state index in [-0.39, 0.29) is 5.91 Å². The standard InChI is InChI=1S/C13H23NO4/c1-5-9-6-7-14(10(8-9)11(15)16)12(17)13(2,3)18-4/h9-10H,5-8H2,1-4H3,(H,15,16). The molecule has 0 aromatic carbocycles. The number of carboxylic acids is 1. The van der Waals surface area contributed by atoms with Crippen molar-refractivity contribution in [3.63, 3.8) is 0 Å². The molecule has 0 aliphatic carbocycles. The maximum Gasteiger partial charge on any atom is 0.326 e. The van der Waals surface area contributed by atoms with E-state index in [1.807, 2.05) is 0 Å². The first-order valence-corrected chi connectivity index (χ1v) is 6.42. The van der Waals surface area contributed by atoms with Crippen LogP contribution in [0.2, 0.25) is 0 Å². The van der Waals surface area contributed by atoms with Gasteiger partial charge in [0.1, 0.15) is 11.6 Å². The quantitative estimate of drug-likeness (QED) is 0.829. The van der Waals surface area contributed by atoms with E-state index in [4.69, 9.17) is 4.74 Å². The zero-order chi connectivity index (χ0) is 13.9. The molecule has 0 aromatic rings. The van der Waals surface area contributed by atoms with Gasteiger partial charge in [0, 0.05) is 13.7 Å². The summed E-state index contributed by atoms with van der Waals surface area (Å²) in [7, 11) is 1.46. The molecule has 2 unspecified atom stereocenters. The van der Waals surface area contributed by atoms with E-state index < -0.39 is 17.6 Å². The number of carbonyl (C=O) groups excluding carboxylic acids is 1. The van der Waals surface area contributed by atoms with Crippen LogP contribution in [-0.2, 0) is 14.3 Å². The average Bonchev–Trinajstić information content (AvgIpc) is 2.36. The van der Waals surface area contributed by atoms with Crippen molar-refractivity contribution in [2.75, 3.05) is 13.7 Å². The number of ether oxygens (including phenoxy) is 1. The number of methoxy groups -OCH3 is 1. The zero-order valence-electron chi connectivity index (χ0n) is 11.6. The number of aliphatic carboxylic acids is 1. The number of carboxylic acid groups (broad SMARTS) is 1. The number of hydrogen-bond donors (Lipinski definition) is 1. The highest BCUT2D eigenvalue weighted by Gasteiger charge is 2.41. The van der Waals surface area contributed by atoms with E-state index in [0.717, 1.165) is 12.8 Å². The molecule has 5 nitrogen and oxygen atoms in total. The van der Waals surface area contributed by atoms with Gasteiger partial charge in [0.15, 0.2) is 0 Å². The second kappa shape index (κ2) is 5.69. The maximum atomic E-state index is 12.3. The van der Waals surface area contributed by atoms with Gasteiger partial charge in [-0.2, -0.15) is 0 Å². The van der Waals surface area contributed by atoms with Crippen molar-refractivity contribution in [1.29, 1.82) is 0 Å². The second-order valence-corrected chi connectivity index (χ2v) is 5.37. The van der Waals surface area contributed by atoms with E-state index in [0.29, 0.717) is 18.9 Å². The van der Waals surface area contributed by atoms with Gasteiger partial charge < -0.3 is 14.7 Å². The van der Waals surface area contributed by atoms with Crippen LogP contribution in [0.1, 0.15) is 40.0 Å². The molecule has 5 heteroatoms. The van der Waals surface area contributed by atoms with E-state index in [2.05, 4.69) is 6.92 Å². The lowest BCUT2D eigenvalue weighted by molar-refractivity contribution is -0.164. The van der Waals surface area contributed by atoms with Crippen LogP contribution in [0.4, 0.5) is 0 Å². The molecule has 1 aliphatic rings. The van der Waals surface area contributed by atoms with Crippen LogP contribution in [0, 0.1) is 5.92 Å². The van der Waals surface area contributed by atoms with Crippen LogP contribution in [0.3, 0.4) is 0 Å². The highest BCUT2D eigenvalue weighted by atomic mass is 16.5. The van der Waals surface area contributed by atoms with Gasteiger partial charge in [0.2, 0.25) is 0 Å². The highest BCUT2D eigenvalue weighted by molar-refractivity contribution is 5.89. The third kappa shape index (κ3) is 3.02. The summed E-state index contributed by atoms with van der Waals surface area (Å²) in [5.41, 5.74) is -0.966. The number of hydrogen-bond acceptors (Lipinski definition) is 3. The Kier molecular flexibility index (Phi) is 4.73.